The molecule has 1 heterocycles. The van der Waals surface area contributed by atoms with Gasteiger partial charge in [-0.15, -0.1) is 0 Å². The summed E-state index contributed by atoms with van der Waals surface area (Å²) in [6, 6.07) is 10.4. The fourth-order valence-corrected chi connectivity index (χ4v) is 3.84. The van der Waals surface area contributed by atoms with Gasteiger partial charge in [0.1, 0.15) is 5.57 Å². The number of anilines is 1. The zero-order valence-corrected chi connectivity index (χ0v) is 18.8. The summed E-state index contributed by atoms with van der Waals surface area (Å²) in [6.07, 6.45) is 1.48. The predicted molar refractivity (Wildman–Crippen MR) is 118 cm³/mol. The summed E-state index contributed by atoms with van der Waals surface area (Å²) in [4.78, 5) is 26.7. The lowest BCUT2D eigenvalue weighted by molar-refractivity contribution is -0.122. The second kappa shape index (κ2) is 8.42. The van der Waals surface area contributed by atoms with Crippen LogP contribution in [0.4, 0.5) is 5.69 Å². The van der Waals surface area contributed by atoms with E-state index in [-0.39, 0.29) is 10.7 Å². The summed E-state index contributed by atoms with van der Waals surface area (Å²) in [7, 11) is 3.03. The number of nitrogens with zero attached hydrogens (tertiary/aromatic N) is 1. The molecule has 2 aromatic carbocycles. The van der Waals surface area contributed by atoms with E-state index in [4.69, 9.17) is 21.7 Å². The number of hydrogen-bond donors (Lipinski definition) is 1. The van der Waals surface area contributed by atoms with Crippen molar-refractivity contribution in [2.45, 2.75) is 0 Å². The lowest BCUT2D eigenvalue weighted by atomic mass is 10.1. The monoisotopic (exact) mass is 524 g/mol. The van der Waals surface area contributed by atoms with E-state index in [0.29, 0.717) is 27.2 Å². The molecule has 2 aromatic rings. The van der Waals surface area contributed by atoms with E-state index in [2.05, 4.69) is 37.2 Å². The highest BCUT2D eigenvalue weighted by molar-refractivity contribution is 9.10. The van der Waals surface area contributed by atoms with Crippen LogP contribution in [0.2, 0.25) is 0 Å². The molecule has 2 amide bonds. The van der Waals surface area contributed by atoms with Crippen molar-refractivity contribution in [1.82, 2.24) is 5.32 Å². The van der Waals surface area contributed by atoms with Crippen molar-refractivity contribution in [1.29, 1.82) is 0 Å². The molecule has 0 atom stereocenters. The van der Waals surface area contributed by atoms with Gasteiger partial charge in [-0.1, -0.05) is 15.9 Å². The van der Waals surface area contributed by atoms with E-state index >= 15 is 0 Å². The summed E-state index contributed by atoms with van der Waals surface area (Å²) < 4.78 is 12.1. The van der Waals surface area contributed by atoms with E-state index in [1.807, 2.05) is 0 Å². The van der Waals surface area contributed by atoms with Crippen LogP contribution in [0.15, 0.2) is 50.9 Å². The number of thiocarbonyl (C=S) groups is 1. The molecule has 1 fully saturated rings. The van der Waals surface area contributed by atoms with Gasteiger partial charge in [-0.05, 0) is 76.2 Å². The first-order chi connectivity index (χ1) is 13.3. The first-order valence-corrected chi connectivity index (χ1v) is 9.93. The number of ether oxygens (including phenoxy) is 2. The Hall–Kier alpha value is -2.23. The summed E-state index contributed by atoms with van der Waals surface area (Å²) >= 11 is 12.0. The minimum absolute atomic E-state index is 0.0305. The minimum atomic E-state index is -0.561. The topological polar surface area (TPSA) is 67.9 Å². The Labute approximate surface area is 183 Å². The van der Waals surface area contributed by atoms with Crippen molar-refractivity contribution in [2.75, 3.05) is 19.1 Å². The molecule has 0 bridgehead atoms. The normalized spacial score (nSPS) is 15.6. The Bertz CT molecular complexity index is 1010. The predicted octanol–water partition coefficient (Wildman–Crippen LogP) is 4.06. The van der Waals surface area contributed by atoms with Gasteiger partial charge in [0.15, 0.2) is 16.6 Å². The highest BCUT2D eigenvalue weighted by atomic mass is 79.9. The molecule has 0 aromatic heterocycles. The number of rotatable bonds is 4. The number of nitrogens with one attached hydrogen (secondary N) is 1. The van der Waals surface area contributed by atoms with Crippen molar-refractivity contribution >= 4 is 72.8 Å². The third-order valence-corrected chi connectivity index (χ3v) is 5.36. The average molecular weight is 526 g/mol. The summed E-state index contributed by atoms with van der Waals surface area (Å²) in [5.41, 5.74) is 1.10. The van der Waals surface area contributed by atoms with Crippen LogP contribution in [0.1, 0.15) is 5.56 Å². The second-order valence-corrected chi connectivity index (χ2v) is 7.83. The Morgan fingerprint density at radius 2 is 1.75 bits per heavy atom. The smallest absolute Gasteiger partial charge is 0.270 e. The molecule has 1 aliphatic rings. The molecule has 9 heteroatoms. The zero-order valence-electron chi connectivity index (χ0n) is 14.8. The van der Waals surface area contributed by atoms with Gasteiger partial charge in [0, 0.05) is 4.47 Å². The van der Waals surface area contributed by atoms with Gasteiger partial charge in [-0.2, -0.15) is 0 Å². The lowest BCUT2D eigenvalue weighted by Gasteiger charge is -2.29. The number of benzene rings is 2. The Morgan fingerprint density at radius 1 is 1.07 bits per heavy atom. The van der Waals surface area contributed by atoms with Crippen molar-refractivity contribution < 1.29 is 19.1 Å². The highest BCUT2D eigenvalue weighted by Crippen LogP contribution is 2.37. The van der Waals surface area contributed by atoms with Gasteiger partial charge in [0.2, 0.25) is 0 Å². The standard InChI is InChI=1S/C19H14Br2N2O4S/c1-26-15-9-10(8-14(21)16(15)27-2)7-13-17(24)22-19(28)23(18(13)25)12-5-3-11(20)4-6-12/h3-9H,1-2H3,(H,22,24,28). The van der Waals surface area contributed by atoms with Crippen molar-refractivity contribution in [2.24, 2.45) is 0 Å². The molecule has 0 saturated carbocycles. The van der Waals surface area contributed by atoms with Crippen LogP contribution in [-0.4, -0.2) is 31.1 Å². The molecule has 0 aliphatic carbocycles. The Balaban J connectivity index is 2.04. The molecule has 1 N–H and O–H groups in total. The van der Waals surface area contributed by atoms with E-state index < -0.39 is 11.8 Å². The van der Waals surface area contributed by atoms with Gasteiger partial charge in [-0.25, -0.2) is 0 Å². The molecule has 6 nitrogen and oxygen atoms in total. The molecular formula is C19H14Br2N2O4S. The average Bonchev–Trinajstić information content (AvgIpc) is 2.66. The number of hydrogen-bond acceptors (Lipinski definition) is 5. The van der Waals surface area contributed by atoms with Crippen LogP contribution in [0.5, 0.6) is 11.5 Å². The van der Waals surface area contributed by atoms with Crippen molar-refractivity contribution in [3.05, 3.63) is 56.5 Å². The molecular weight excluding hydrogens is 512 g/mol. The highest BCUT2D eigenvalue weighted by Gasteiger charge is 2.34. The molecule has 0 unspecified atom stereocenters. The number of methoxy groups -OCH3 is 2. The third kappa shape index (κ3) is 3.96. The first-order valence-electron chi connectivity index (χ1n) is 7.94. The van der Waals surface area contributed by atoms with Gasteiger partial charge in [-0.3, -0.25) is 19.8 Å². The number of halogens is 2. The fraction of sp³-hybridized carbons (Fsp3) is 0.105. The van der Waals surface area contributed by atoms with E-state index in [9.17, 15) is 9.59 Å². The Kier molecular flexibility index (Phi) is 6.17. The number of carbonyl (C=O) groups is 2. The first kappa shape index (κ1) is 20.5. The van der Waals surface area contributed by atoms with E-state index in [1.165, 1.54) is 25.2 Å². The van der Waals surface area contributed by atoms with Gasteiger partial charge >= 0.3 is 0 Å². The van der Waals surface area contributed by atoms with Crippen LogP contribution in [-0.2, 0) is 9.59 Å². The van der Waals surface area contributed by atoms with Crippen LogP contribution in [0, 0.1) is 0 Å². The molecule has 144 valence electrons. The molecule has 0 radical (unpaired) electrons. The zero-order chi connectivity index (χ0) is 20.4. The van der Waals surface area contributed by atoms with Crippen molar-refractivity contribution in [3.8, 4) is 11.5 Å². The van der Waals surface area contributed by atoms with Crippen LogP contribution < -0.4 is 19.7 Å². The molecule has 0 spiro atoms. The molecule has 1 aliphatic heterocycles. The largest absolute Gasteiger partial charge is 0.493 e. The third-order valence-electron chi connectivity index (χ3n) is 3.95. The fourth-order valence-electron chi connectivity index (χ4n) is 2.67. The second-order valence-electron chi connectivity index (χ2n) is 5.67. The van der Waals surface area contributed by atoms with E-state index in [0.717, 1.165) is 4.47 Å². The summed E-state index contributed by atoms with van der Waals surface area (Å²) in [5.74, 6) is -0.0920. The SMILES string of the molecule is COc1cc(C=C2C(=O)NC(=S)N(c3ccc(Br)cc3)C2=O)cc(Br)c1OC. The summed E-state index contributed by atoms with van der Waals surface area (Å²) in [6.45, 7) is 0. The maximum absolute atomic E-state index is 13.0. The van der Waals surface area contributed by atoms with E-state index in [1.54, 1.807) is 36.4 Å². The minimum Gasteiger partial charge on any atom is -0.493 e. The van der Waals surface area contributed by atoms with Crippen LogP contribution in [0.3, 0.4) is 0 Å². The maximum Gasteiger partial charge on any atom is 0.270 e. The van der Waals surface area contributed by atoms with Crippen LogP contribution in [0.25, 0.3) is 6.08 Å². The summed E-state index contributed by atoms with van der Waals surface area (Å²) in [5, 5.41) is 2.59. The molecule has 28 heavy (non-hydrogen) atoms. The molecule has 1 saturated heterocycles. The molecule has 3 rings (SSSR count). The van der Waals surface area contributed by atoms with Gasteiger partial charge < -0.3 is 9.47 Å². The van der Waals surface area contributed by atoms with Crippen LogP contribution >= 0.6 is 44.1 Å². The Morgan fingerprint density at radius 3 is 2.36 bits per heavy atom. The maximum atomic E-state index is 13.0. The van der Waals surface area contributed by atoms with Gasteiger partial charge in [0.05, 0.1) is 24.4 Å². The number of carbonyl (C=O) groups excluding carboxylic acids is 2. The van der Waals surface area contributed by atoms with Crippen molar-refractivity contribution in [3.63, 3.8) is 0 Å². The van der Waals surface area contributed by atoms with Gasteiger partial charge in [0.25, 0.3) is 11.8 Å². The quantitative estimate of drug-likeness (QED) is 0.370. The number of amides is 2. The lowest BCUT2D eigenvalue weighted by Crippen LogP contribution is -2.54.